The number of pyridine rings is 1. The fraction of sp³-hybridized carbons (Fsp3) is 0.444. The van der Waals surface area contributed by atoms with Gasteiger partial charge in [0.25, 0.3) is 0 Å². The van der Waals surface area contributed by atoms with E-state index in [0.717, 1.165) is 11.3 Å². The number of rotatable bonds is 5. The highest BCUT2D eigenvalue weighted by molar-refractivity contribution is 7.10. The van der Waals surface area contributed by atoms with Gasteiger partial charge in [-0.2, -0.15) is 0 Å². The summed E-state index contributed by atoms with van der Waals surface area (Å²) in [6.07, 6.45) is 2.79. The fourth-order valence-corrected chi connectivity index (χ4v) is 4.17. The molecule has 2 aliphatic heterocycles. The number of hydrogen-bond donors (Lipinski definition) is 0. The second kappa shape index (κ2) is 6.72. The van der Waals surface area contributed by atoms with Gasteiger partial charge in [-0.3, -0.25) is 4.79 Å². The maximum absolute atomic E-state index is 13.6. The van der Waals surface area contributed by atoms with Crippen molar-refractivity contribution in [3.63, 3.8) is 0 Å². The van der Waals surface area contributed by atoms with E-state index in [-0.39, 0.29) is 23.3 Å². The van der Waals surface area contributed by atoms with Crippen LogP contribution in [0.2, 0.25) is 0 Å². The second-order valence-electron chi connectivity index (χ2n) is 6.51. The number of likely N-dealkylation sites (tertiary alicyclic amines) is 1. The van der Waals surface area contributed by atoms with Crippen LogP contribution in [0.1, 0.15) is 11.3 Å². The Morgan fingerprint density at radius 2 is 2.32 bits per heavy atom. The molecule has 1 spiro atoms. The highest BCUT2D eigenvalue weighted by Gasteiger charge is 2.54. The molecule has 1 atom stereocenters. The minimum absolute atomic E-state index is 0.0227. The van der Waals surface area contributed by atoms with Gasteiger partial charge in [0, 0.05) is 23.6 Å². The van der Waals surface area contributed by atoms with Gasteiger partial charge >= 0.3 is 0 Å². The highest BCUT2D eigenvalue weighted by atomic mass is 32.1. The summed E-state index contributed by atoms with van der Waals surface area (Å²) >= 11 is 1.59. The Labute approximate surface area is 149 Å². The zero-order valence-electron chi connectivity index (χ0n) is 13.7. The largest absolute Gasteiger partial charge is 0.475 e. The van der Waals surface area contributed by atoms with Gasteiger partial charge in [-0.15, -0.1) is 11.3 Å². The molecule has 2 fully saturated rings. The summed E-state index contributed by atoms with van der Waals surface area (Å²) in [7, 11) is 0. The first-order valence-corrected chi connectivity index (χ1v) is 9.22. The second-order valence-corrected chi connectivity index (χ2v) is 7.54. The van der Waals surface area contributed by atoms with Crippen LogP contribution in [0.15, 0.2) is 35.8 Å². The minimum atomic E-state index is -0.461. The lowest BCUT2D eigenvalue weighted by molar-refractivity contribution is -0.166. The van der Waals surface area contributed by atoms with E-state index in [0.29, 0.717) is 32.7 Å². The first-order chi connectivity index (χ1) is 12.2. The van der Waals surface area contributed by atoms with Gasteiger partial charge < -0.3 is 14.4 Å². The number of hydrogen-bond acceptors (Lipinski definition) is 5. The molecule has 7 heteroatoms. The Bertz CT molecular complexity index is 747. The van der Waals surface area contributed by atoms with Crippen LogP contribution in [-0.2, 0) is 16.0 Å². The van der Waals surface area contributed by atoms with Crippen molar-refractivity contribution in [1.82, 2.24) is 9.88 Å². The van der Waals surface area contributed by atoms with E-state index in [1.165, 1.54) is 18.3 Å². The van der Waals surface area contributed by atoms with Crippen LogP contribution in [0.5, 0.6) is 5.88 Å². The molecule has 2 aliphatic rings. The van der Waals surface area contributed by atoms with Crippen LogP contribution in [0.3, 0.4) is 0 Å². The van der Waals surface area contributed by atoms with Gasteiger partial charge in [0.05, 0.1) is 26.1 Å². The van der Waals surface area contributed by atoms with E-state index >= 15 is 0 Å². The number of halogens is 1. The van der Waals surface area contributed by atoms with Crippen molar-refractivity contribution in [1.29, 1.82) is 0 Å². The fourth-order valence-electron chi connectivity index (χ4n) is 3.48. The first-order valence-electron chi connectivity index (χ1n) is 8.34. The van der Waals surface area contributed by atoms with E-state index in [1.54, 1.807) is 11.3 Å². The lowest BCUT2D eigenvalue weighted by Crippen LogP contribution is -2.67. The molecular formula is C18H19FN2O3S. The molecule has 0 saturated carbocycles. The van der Waals surface area contributed by atoms with Crippen molar-refractivity contribution < 1.29 is 18.7 Å². The molecule has 5 nitrogen and oxygen atoms in total. The molecular weight excluding hydrogens is 343 g/mol. The van der Waals surface area contributed by atoms with Crippen LogP contribution in [0.4, 0.5) is 4.39 Å². The molecule has 4 heterocycles. The van der Waals surface area contributed by atoms with Gasteiger partial charge in [-0.25, -0.2) is 9.37 Å². The van der Waals surface area contributed by atoms with E-state index < -0.39 is 5.82 Å². The summed E-state index contributed by atoms with van der Waals surface area (Å²) in [5.41, 5.74) is -0.351. The Hall–Kier alpha value is -1.99. The molecule has 0 N–H and O–H groups in total. The molecule has 25 heavy (non-hydrogen) atoms. The van der Waals surface area contributed by atoms with E-state index in [9.17, 15) is 9.18 Å². The molecule has 2 aromatic rings. The monoisotopic (exact) mass is 362 g/mol. The van der Waals surface area contributed by atoms with Gasteiger partial charge in [-0.05, 0) is 30.0 Å². The lowest BCUT2D eigenvalue weighted by Gasteiger charge is -2.50. The molecule has 0 aliphatic carbocycles. The molecule has 2 aromatic heterocycles. The third kappa shape index (κ3) is 3.26. The highest BCUT2D eigenvalue weighted by Crippen LogP contribution is 2.40. The first kappa shape index (κ1) is 16.5. The molecule has 0 unspecified atom stereocenters. The van der Waals surface area contributed by atoms with Crippen molar-refractivity contribution in [2.75, 3.05) is 26.3 Å². The number of carbonyl (C=O) groups excluding carboxylic acids is 1. The van der Waals surface area contributed by atoms with Gasteiger partial charge in [0.1, 0.15) is 5.60 Å². The Morgan fingerprint density at radius 1 is 1.44 bits per heavy atom. The lowest BCUT2D eigenvalue weighted by atomic mass is 9.81. The topological polar surface area (TPSA) is 51.7 Å². The van der Waals surface area contributed by atoms with Crippen molar-refractivity contribution in [3.8, 4) is 5.88 Å². The molecule has 0 radical (unpaired) electrons. The molecule has 0 bridgehead atoms. The zero-order valence-corrected chi connectivity index (χ0v) is 14.5. The number of carbonyl (C=O) groups is 1. The van der Waals surface area contributed by atoms with Crippen LogP contribution < -0.4 is 4.74 Å². The number of aromatic nitrogens is 1. The van der Waals surface area contributed by atoms with Crippen molar-refractivity contribution in [2.24, 2.45) is 5.92 Å². The Balaban J connectivity index is 1.33. The van der Waals surface area contributed by atoms with Crippen LogP contribution in [-0.4, -0.2) is 47.7 Å². The third-order valence-electron chi connectivity index (χ3n) is 4.92. The predicted octanol–water partition coefficient (Wildman–Crippen LogP) is 2.52. The van der Waals surface area contributed by atoms with Crippen molar-refractivity contribution >= 4 is 17.2 Å². The average molecular weight is 362 g/mol. The average Bonchev–Trinajstić information content (AvgIpc) is 3.22. The zero-order chi connectivity index (χ0) is 17.3. The predicted molar refractivity (Wildman–Crippen MR) is 91.1 cm³/mol. The minimum Gasteiger partial charge on any atom is -0.475 e. The maximum Gasteiger partial charge on any atom is 0.250 e. The van der Waals surface area contributed by atoms with Crippen LogP contribution in [0.25, 0.3) is 0 Å². The quantitative estimate of drug-likeness (QED) is 0.820. The van der Waals surface area contributed by atoms with Gasteiger partial charge in [0.2, 0.25) is 11.8 Å². The summed E-state index contributed by atoms with van der Waals surface area (Å²) in [6, 6.07) is 6.79. The van der Waals surface area contributed by atoms with Crippen molar-refractivity contribution in [2.45, 2.75) is 18.4 Å². The number of thiophene rings is 1. The van der Waals surface area contributed by atoms with Gasteiger partial charge in [-0.1, -0.05) is 6.07 Å². The summed E-state index contributed by atoms with van der Waals surface area (Å²) in [4.78, 5) is 19.2. The molecule has 4 rings (SSSR count). The summed E-state index contributed by atoms with van der Waals surface area (Å²) in [6.45, 7) is 2.15. The smallest absolute Gasteiger partial charge is 0.250 e. The van der Waals surface area contributed by atoms with Crippen LogP contribution >= 0.6 is 11.3 Å². The van der Waals surface area contributed by atoms with Crippen LogP contribution in [0, 0.1) is 11.7 Å². The SMILES string of the molecule is O=C(Cc1cccs1)N1CC2(C1)OCC[C@@H]2COc1ncccc1F. The number of nitrogens with zero attached hydrogens (tertiary/aromatic N) is 2. The standard InChI is InChI=1S/C18H19FN2O3S/c19-15-4-1-6-20-17(15)23-10-13-5-7-24-18(13)11-21(12-18)16(22)9-14-3-2-8-25-14/h1-4,6,8,13H,5,7,9-12H2/t13-/m1/s1. The molecule has 132 valence electrons. The van der Waals surface area contributed by atoms with Crippen molar-refractivity contribution in [3.05, 3.63) is 46.5 Å². The molecule has 2 saturated heterocycles. The Morgan fingerprint density at radius 3 is 3.08 bits per heavy atom. The van der Waals surface area contributed by atoms with E-state index in [2.05, 4.69) is 4.98 Å². The van der Waals surface area contributed by atoms with Gasteiger partial charge in [0.15, 0.2) is 5.82 Å². The third-order valence-corrected chi connectivity index (χ3v) is 5.80. The number of amides is 1. The number of ether oxygens (including phenoxy) is 2. The molecule has 1 amide bonds. The van der Waals surface area contributed by atoms with E-state index in [4.69, 9.17) is 9.47 Å². The summed E-state index contributed by atoms with van der Waals surface area (Å²) in [5.74, 6) is -0.176. The normalized spacial score (nSPS) is 21.3. The maximum atomic E-state index is 13.6. The summed E-state index contributed by atoms with van der Waals surface area (Å²) in [5, 5.41) is 1.98. The summed E-state index contributed by atoms with van der Waals surface area (Å²) < 4.78 is 25.1. The Kier molecular flexibility index (Phi) is 4.43. The van der Waals surface area contributed by atoms with E-state index in [1.807, 2.05) is 22.4 Å². The molecule has 0 aromatic carbocycles.